The summed E-state index contributed by atoms with van der Waals surface area (Å²) in [4.78, 5) is 7.34. The third-order valence-electron chi connectivity index (χ3n) is 6.80. The van der Waals surface area contributed by atoms with Crippen molar-refractivity contribution in [3.63, 3.8) is 0 Å². The van der Waals surface area contributed by atoms with Gasteiger partial charge in [-0.3, -0.25) is 10.00 Å². The molecule has 1 aliphatic rings. The standard InChI is InChI=1S/C25H28N8/c1-25(2)8-10-31(11-9-25)13-18-6-7-24-27-19(15-32(24)14-18)16-33-17-23(29-30-33)20-4-3-5-22-21(20)12-26-28-22/h3-7,12,14-15,17H,8-11,13,16H2,1-2H3,(H,26,28). The predicted octanol–water partition coefficient (Wildman–Crippen LogP) is 4.14. The Balaban J connectivity index is 1.18. The fourth-order valence-corrected chi connectivity index (χ4v) is 4.69. The Bertz CT molecular complexity index is 1410. The number of H-pyrrole nitrogens is 1. The first kappa shape index (κ1) is 20.1. The van der Waals surface area contributed by atoms with Gasteiger partial charge in [-0.1, -0.05) is 37.3 Å². The van der Waals surface area contributed by atoms with E-state index in [1.54, 1.807) is 0 Å². The average Bonchev–Trinajstić information content (AvgIpc) is 3.54. The summed E-state index contributed by atoms with van der Waals surface area (Å²) in [5.41, 5.74) is 6.56. The Labute approximate surface area is 192 Å². The molecule has 0 bridgehead atoms. The van der Waals surface area contributed by atoms with E-state index in [0.717, 1.165) is 40.0 Å². The van der Waals surface area contributed by atoms with Gasteiger partial charge in [0, 0.05) is 29.9 Å². The summed E-state index contributed by atoms with van der Waals surface area (Å²) >= 11 is 0. The zero-order valence-corrected chi connectivity index (χ0v) is 19.1. The highest BCUT2D eigenvalue weighted by Crippen LogP contribution is 2.30. The maximum Gasteiger partial charge on any atom is 0.137 e. The van der Waals surface area contributed by atoms with Crippen molar-refractivity contribution >= 4 is 16.6 Å². The van der Waals surface area contributed by atoms with Gasteiger partial charge in [0.25, 0.3) is 0 Å². The molecule has 8 heteroatoms. The molecule has 0 unspecified atom stereocenters. The molecular formula is C25H28N8. The number of nitrogens with zero attached hydrogens (tertiary/aromatic N) is 7. The number of piperidine rings is 1. The van der Waals surface area contributed by atoms with Gasteiger partial charge in [-0.05, 0) is 49.0 Å². The Morgan fingerprint density at radius 1 is 1.00 bits per heavy atom. The summed E-state index contributed by atoms with van der Waals surface area (Å²) in [5.74, 6) is 0. The van der Waals surface area contributed by atoms with Crippen LogP contribution in [0.4, 0.5) is 0 Å². The first-order valence-corrected chi connectivity index (χ1v) is 11.5. The minimum Gasteiger partial charge on any atom is -0.306 e. The van der Waals surface area contributed by atoms with Crippen LogP contribution in [0.25, 0.3) is 27.8 Å². The van der Waals surface area contributed by atoms with Crippen LogP contribution in [-0.2, 0) is 13.1 Å². The van der Waals surface area contributed by atoms with Gasteiger partial charge < -0.3 is 4.40 Å². The predicted molar refractivity (Wildman–Crippen MR) is 128 cm³/mol. The van der Waals surface area contributed by atoms with Crippen LogP contribution in [-0.4, -0.2) is 52.6 Å². The summed E-state index contributed by atoms with van der Waals surface area (Å²) in [7, 11) is 0. The second kappa shape index (κ2) is 7.81. The number of fused-ring (bicyclic) bond motifs is 2. The van der Waals surface area contributed by atoms with Crippen LogP contribution in [0.1, 0.15) is 37.9 Å². The lowest BCUT2D eigenvalue weighted by Gasteiger charge is -2.36. The largest absolute Gasteiger partial charge is 0.306 e. The molecule has 4 aromatic heterocycles. The molecule has 33 heavy (non-hydrogen) atoms. The molecule has 6 rings (SSSR count). The Kier molecular flexibility index (Phi) is 4.76. The van der Waals surface area contributed by atoms with Crippen molar-refractivity contribution in [1.29, 1.82) is 0 Å². The van der Waals surface area contributed by atoms with Crippen molar-refractivity contribution in [3.8, 4) is 11.3 Å². The SMILES string of the molecule is CC1(C)CCN(Cc2ccc3nc(Cn4cc(-c5cccc6[nH]ncc56)nn4)cn3c2)CC1. The minimum absolute atomic E-state index is 0.478. The zero-order valence-electron chi connectivity index (χ0n) is 19.1. The van der Waals surface area contributed by atoms with Crippen molar-refractivity contribution in [1.82, 2.24) is 39.5 Å². The van der Waals surface area contributed by atoms with E-state index in [4.69, 9.17) is 4.98 Å². The molecule has 0 atom stereocenters. The Morgan fingerprint density at radius 3 is 2.76 bits per heavy atom. The number of aromatic amines is 1. The van der Waals surface area contributed by atoms with E-state index in [-0.39, 0.29) is 0 Å². The first-order valence-electron chi connectivity index (χ1n) is 11.5. The van der Waals surface area contributed by atoms with Crippen LogP contribution in [0.3, 0.4) is 0 Å². The third-order valence-corrected chi connectivity index (χ3v) is 6.80. The molecule has 0 aliphatic carbocycles. The lowest BCUT2D eigenvalue weighted by atomic mass is 9.82. The summed E-state index contributed by atoms with van der Waals surface area (Å²) < 4.78 is 3.97. The number of nitrogens with one attached hydrogen (secondary N) is 1. The van der Waals surface area contributed by atoms with E-state index in [9.17, 15) is 0 Å². The van der Waals surface area contributed by atoms with E-state index in [2.05, 4.69) is 68.2 Å². The monoisotopic (exact) mass is 440 g/mol. The number of likely N-dealkylation sites (tertiary alicyclic amines) is 1. The number of pyridine rings is 1. The number of benzene rings is 1. The Hall–Kier alpha value is -3.52. The van der Waals surface area contributed by atoms with E-state index in [0.29, 0.717) is 12.0 Å². The molecule has 0 saturated carbocycles. The highest BCUT2D eigenvalue weighted by atomic mass is 15.4. The fraction of sp³-hybridized carbons (Fsp3) is 0.360. The maximum absolute atomic E-state index is 4.78. The van der Waals surface area contributed by atoms with Gasteiger partial charge >= 0.3 is 0 Å². The zero-order chi connectivity index (χ0) is 22.4. The van der Waals surface area contributed by atoms with Gasteiger partial charge in [-0.25, -0.2) is 9.67 Å². The molecule has 0 radical (unpaired) electrons. The van der Waals surface area contributed by atoms with Crippen LogP contribution < -0.4 is 0 Å². The molecule has 0 amide bonds. The van der Waals surface area contributed by atoms with E-state index >= 15 is 0 Å². The number of hydrogen-bond acceptors (Lipinski definition) is 5. The second-order valence-corrected chi connectivity index (χ2v) is 9.91. The van der Waals surface area contributed by atoms with Crippen molar-refractivity contribution in [2.75, 3.05) is 13.1 Å². The van der Waals surface area contributed by atoms with Gasteiger partial charge in [0.2, 0.25) is 0 Å². The maximum atomic E-state index is 4.78. The van der Waals surface area contributed by atoms with Crippen molar-refractivity contribution < 1.29 is 0 Å². The quantitative estimate of drug-likeness (QED) is 0.444. The molecule has 1 aliphatic heterocycles. The summed E-state index contributed by atoms with van der Waals surface area (Å²) in [6, 6.07) is 10.4. The number of hydrogen-bond donors (Lipinski definition) is 1. The molecule has 1 aromatic carbocycles. The molecule has 8 nitrogen and oxygen atoms in total. The fourth-order valence-electron chi connectivity index (χ4n) is 4.69. The number of imidazole rings is 1. The van der Waals surface area contributed by atoms with Gasteiger partial charge in [-0.2, -0.15) is 5.10 Å². The number of rotatable bonds is 5. The van der Waals surface area contributed by atoms with Gasteiger partial charge in [-0.15, -0.1) is 5.10 Å². The molecule has 168 valence electrons. The molecule has 1 fully saturated rings. The third kappa shape index (κ3) is 4.02. The van der Waals surface area contributed by atoms with Crippen molar-refractivity contribution in [2.24, 2.45) is 5.41 Å². The van der Waals surface area contributed by atoms with E-state index in [1.165, 1.54) is 31.5 Å². The smallest absolute Gasteiger partial charge is 0.137 e. The normalized spacial score (nSPS) is 16.7. The molecule has 1 saturated heterocycles. The van der Waals surface area contributed by atoms with Gasteiger partial charge in [0.15, 0.2) is 0 Å². The van der Waals surface area contributed by atoms with Gasteiger partial charge in [0.05, 0.1) is 30.1 Å². The summed E-state index contributed by atoms with van der Waals surface area (Å²) in [6.45, 7) is 8.65. The molecular weight excluding hydrogens is 412 g/mol. The molecule has 5 aromatic rings. The van der Waals surface area contributed by atoms with E-state index < -0.39 is 0 Å². The molecule has 5 heterocycles. The lowest BCUT2D eigenvalue weighted by Crippen LogP contribution is -2.36. The van der Waals surface area contributed by atoms with Crippen molar-refractivity contribution in [3.05, 3.63) is 66.4 Å². The minimum atomic E-state index is 0.478. The van der Waals surface area contributed by atoms with Crippen LogP contribution >= 0.6 is 0 Å². The van der Waals surface area contributed by atoms with Crippen LogP contribution in [0, 0.1) is 5.41 Å². The van der Waals surface area contributed by atoms with Gasteiger partial charge in [0.1, 0.15) is 11.3 Å². The first-order chi connectivity index (χ1) is 16.0. The second-order valence-electron chi connectivity index (χ2n) is 9.91. The summed E-state index contributed by atoms with van der Waals surface area (Å²) in [5, 5.41) is 16.9. The topological polar surface area (TPSA) is 79.9 Å². The average molecular weight is 441 g/mol. The number of aromatic nitrogens is 7. The molecule has 0 spiro atoms. The molecule has 1 N–H and O–H groups in total. The highest BCUT2D eigenvalue weighted by Gasteiger charge is 2.25. The van der Waals surface area contributed by atoms with E-state index in [1.807, 2.05) is 35.3 Å². The van der Waals surface area contributed by atoms with Crippen LogP contribution in [0.15, 0.2) is 55.1 Å². The highest BCUT2D eigenvalue weighted by molar-refractivity contribution is 5.92. The lowest BCUT2D eigenvalue weighted by molar-refractivity contribution is 0.127. The van der Waals surface area contributed by atoms with Crippen LogP contribution in [0.5, 0.6) is 0 Å². The Morgan fingerprint density at radius 2 is 1.88 bits per heavy atom. The van der Waals surface area contributed by atoms with Crippen molar-refractivity contribution in [2.45, 2.75) is 39.8 Å². The summed E-state index contributed by atoms with van der Waals surface area (Å²) in [6.07, 6.45) is 10.6. The van der Waals surface area contributed by atoms with Crippen LogP contribution in [0.2, 0.25) is 0 Å².